The molecule has 0 amide bonds. The van der Waals surface area contributed by atoms with Gasteiger partial charge in [0.05, 0.1) is 9.82 Å². The molecule has 0 fully saturated rings. The van der Waals surface area contributed by atoms with Crippen LogP contribution in [0.15, 0.2) is 47.4 Å². The average Bonchev–Trinajstić information content (AvgIpc) is 2.46. The molecule has 0 saturated carbocycles. The number of nitrogens with zero attached hydrogens (tertiary/aromatic N) is 1. The van der Waals surface area contributed by atoms with Gasteiger partial charge in [-0.25, -0.2) is 17.9 Å². The van der Waals surface area contributed by atoms with Crippen molar-refractivity contribution in [1.29, 1.82) is 0 Å². The zero-order chi connectivity index (χ0) is 17.2. The Bertz CT molecular complexity index is 838. The van der Waals surface area contributed by atoms with E-state index in [2.05, 4.69) is 5.32 Å². The summed E-state index contributed by atoms with van der Waals surface area (Å²) < 4.78 is 35.5. The van der Waals surface area contributed by atoms with Crippen LogP contribution in [-0.2, 0) is 10.0 Å². The highest BCUT2D eigenvalue weighted by Crippen LogP contribution is 2.30. The molecule has 0 aliphatic rings. The maximum atomic E-state index is 12.9. The molecule has 3 N–H and O–H groups in total. The highest BCUT2D eigenvalue weighted by atomic mass is 32.2. The van der Waals surface area contributed by atoms with Crippen LogP contribution in [-0.4, -0.2) is 13.3 Å². The fourth-order valence-electron chi connectivity index (χ4n) is 2.03. The number of primary sulfonamides is 1. The van der Waals surface area contributed by atoms with Crippen molar-refractivity contribution in [2.24, 2.45) is 5.14 Å². The second-order valence-electron chi connectivity index (χ2n) is 4.90. The predicted octanol–water partition coefficient (Wildman–Crippen LogP) is 2.55. The largest absolute Gasteiger partial charge is 0.373 e. The molecule has 122 valence electrons. The van der Waals surface area contributed by atoms with Crippen LogP contribution in [0.5, 0.6) is 0 Å². The highest BCUT2D eigenvalue weighted by molar-refractivity contribution is 7.89. The van der Waals surface area contributed by atoms with E-state index < -0.39 is 20.6 Å². The summed E-state index contributed by atoms with van der Waals surface area (Å²) in [6.07, 6.45) is 0. The Balaban J connectivity index is 2.35. The van der Waals surface area contributed by atoms with Crippen LogP contribution in [0.4, 0.5) is 15.8 Å². The minimum atomic E-state index is -4.03. The van der Waals surface area contributed by atoms with Gasteiger partial charge >= 0.3 is 0 Å². The molecule has 0 aliphatic heterocycles. The predicted molar refractivity (Wildman–Crippen MR) is 82.9 cm³/mol. The van der Waals surface area contributed by atoms with E-state index >= 15 is 0 Å². The Hall–Kier alpha value is -2.52. The van der Waals surface area contributed by atoms with E-state index in [9.17, 15) is 22.9 Å². The first-order valence-electron chi connectivity index (χ1n) is 6.51. The lowest BCUT2D eigenvalue weighted by Crippen LogP contribution is -2.13. The Morgan fingerprint density at radius 2 is 1.83 bits per heavy atom. The Morgan fingerprint density at radius 3 is 2.35 bits per heavy atom. The second-order valence-corrected chi connectivity index (χ2v) is 6.46. The lowest BCUT2D eigenvalue weighted by Gasteiger charge is -2.16. The standard InChI is InChI=1S/C14H14FN3O4S/c1-9(10-2-4-11(15)5-3-10)17-13-7-6-12(23(16,21)22)8-14(13)18(19)20/h2-9,17H,1H3,(H2,16,21,22)/t9-/m1/s1. The van der Waals surface area contributed by atoms with Crippen LogP contribution in [0.1, 0.15) is 18.5 Å². The Morgan fingerprint density at radius 1 is 1.22 bits per heavy atom. The number of benzene rings is 2. The highest BCUT2D eigenvalue weighted by Gasteiger charge is 2.20. The van der Waals surface area contributed by atoms with Gasteiger partial charge in [0, 0.05) is 12.1 Å². The smallest absolute Gasteiger partial charge is 0.293 e. The number of hydrogen-bond donors (Lipinski definition) is 2. The maximum Gasteiger partial charge on any atom is 0.293 e. The number of anilines is 1. The summed E-state index contributed by atoms with van der Waals surface area (Å²) in [4.78, 5) is 10.1. The first kappa shape index (κ1) is 16.8. The average molecular weight is 339 g/mol. The van der Waals surface area contributed by atoms with Gasteiger partial charge in [-0.15, -0.1) is 0 Å². The van der Waals surface area contributed by atoms with Gasteiger partial charge in [-0.1, -0.05) is 12.1 Å². The Kier molecular flexibility index (Phi) is 4.62. The van der Waals surface area contributed by atoms with Crippen LogP contribution < -0.4 is 10.5 Å². The summed E-state index contributed by atoms with van der Waals surface area (Å²) in [6, 6.07) is 8.68. The van der Waals surface area contributed by atoms with Crippen molar-refractivity contribution < 1.29 is 17.7 Å². The molecule has 9 heteroatoms. The quantitative estimate of drug-likeness (QED) is 0.641. The molecule has 0 saturated heterocycles. The van der Waals surface area contributed by atoms with Crippen molar-refractivity contribution in [3.8, 4) is 0 Å². The molecule has 1 atom stereocenters. The van der Waals surface area contributed by atoms with E-state index in [-0.39, 0.29) is 22.4 Å². The molecule has 0 heterocycles. The summed E-state index contributed by atoms with van der Waals surface area (Å²) in [5.74, 6) is -0.385. The van der Waals surface area contributed by atoms with Gasteiger partial charge < -0.3 is 5.32 Å². The second kappa shape index (κ2) is 6.31. The van der Waals surface area contributed by atoms with Gasteiger partial charge in [0.25, 0.3) is 5.69 Å². The monoisotopic (exact) mass is 339 g/mol. The van der Waals surface area contributed by atoms with Gasteiger partial charge in [-0.05, 0) is 36.8 Å². The number of hydrogen-bond acceptors (Lipinski definition) is 5. The molecule has 2 aromatic rings. The zero-order valence-corrected chi connectivity index (χ0v) is 12.9. The molecule has 0 bridgehead atoms. The number of nitro groups is 1. The summed E-state index contributed by atoms with van der Waals surface area (Å²) in [7, 11) is -4.03. The molecule has 23 heavy (non-hydrogen) atoms. The molecule has 0 unspecified atom stereocenters. The lowest BCUT2D eigenvalue weighted by molar-refractivity contribution is -0.384. The van der Waals surface area contributed by atoms with Crippen LogP contribution in [0.25, 0.3) is 0 Å². The molecular formula is C14H14FN3O4S. The minimum Gasteiger partial charge on any atom is -0.373 e. The summed E-state index contributed by atoms with van der Waals surface area (Å²) >= 11 is 0. The number of rotatable bonds is 5. The van der Waals surface area contributed by atoms with Gasteiger partial charge in [0.15, 0.2) is 0 Å². The Labute approximate surface area is 132 Å². The number of halogens is 1. The van der Waals surface area contributed by atoms with Crippen LogP contribution >= 0.6 is 0 Å². The molecular weight excluding hydrogens is 325 g/mol. The van der Waals surface area contributed by atoms with Crippen molar-refractivity contribution in [3.63, 3.8) is 0 Å². The molecule has 2 rings (SSSR count). The molecule has 0 aromatic heterocycles. The molecule has 7 nitrogen and oxygen atoms in total. The van der Waals surface area contributed by atoms with Crippen molar-refractivity contribution in [2.45, 2.75) is 17.9 Å². The van der Waals surface area contributed by atoms with E-state index in [0.717, 1.165) is 11.6 Å². The summed E-state index contributed by atoms with van der Waals surface area (Å²) in [6.45, 7) is 1.74. The normalized spacial score (nSPS) is 12.7. The zero-order valence-electron chi connectivity index (χ0n) is 12.1. The van der Waals surface area contributed by atoms with E-state index in [1.54, 1.807) is 19.1 Å². The maximum absolute atomic E-state index is 12.9. The molecule has 2 aromatic carbocycles. The van der Waals surface area contributed by atoms with Crippen molar-refractivity contribution in [1.82, 2.24) is 0 Å². The van der Waals surface area contributed by atoms with Crippen molar-refractivity contribution in [2.75, 3.05) is 5.32 Å². The van der Waals surface area contributed by atoms with E-state index in [1.807, 2.05) is 0 Å². The van der Waals surface area contributed by atoms with E-state index in [1.165, 1.54) is 24.3 Å². The fourth-order valence-corrected chi connectivity index (χ4v) is 2.56. The topological polar surface area (TPSA) is 115 Å². The first-order chi connectivity index (χ1) is 10.7. The third-order valence-electron chi connectivity index (χ3n) is 3.24. The van der Waals surface area contributed by atoms with Crippen LogP contribution in [0.2, 0.25) is 0 Å². The third kappa shape index (κ3) is 4.02. The van der Waals surface area contributed by atoms with Crippen molar-refractivity contribution in [3.05, 3.63) is 64.0 Å². The minimum absolute atomic E-state index is 0.138. The molecule has 0 spiro atoms. The fraction of sp³-hybridized carbons (Fsp3) is 0.143. The van der Waals surface area contributed by atoms with Crippen LogP contribution in [0, 0.1) is 15.9 Å². The van der Waals surface area contributed by atoms with Gasteiger partial charge in [-0.2, -0.15) is 0 Å². The summed E-state index contributed by atoms with van der Waals surface area (Å²) in [5.41, 5.74) is 0.445. The lowest BCUT2D eigenvalue weighted by atomic mass is 10.1. The van der Waals surface area contributed by atoms with Gasteiger partial charge in [0.2, 0.25) is 10.0 Å². The van der Waals surface area contributed by atoms with Crippen molar-refractivity contribution >= 4 is 21.4 Å². The number of nitro benzene ring substituents is 1. The van der Waals surface area contributed by atoms with Crippen LogP contribution in [0.3, 0.4) is 0 Å². The number of nitrogens with two attached hydrogens (primary N) is 1. The number of sulfonamides is 1. The molecule has 0 radical (unpaired) electrons. The van der Waals surface area contributed by atoms with E-state index in [0.29, 0.717) is 0 Å². The third-order valence-corrected chi connectivity index (χ3v) is 4.15. The van der Waals surface area contributed by atoms with Gasteiger partial charge in [-0.3, -0.25) is 10.1 Å². The number of nitrogens with one attached hydrogen (secondary N) is 1. The van der Waals surface area contributed by atoms with E-state index in [4.69, 9.17) is 5.14 Å². The first-order valence-corrected chi connectivity index (χ1v) is 8.06. The summed E-state index contributed by atoms with van der Waals surface area (Å²) in [5, 5.41) is 19.0. The van der Waals surface area contributed by atoms with Gasteiger partial charge in [0.1, 0.15) is 11.5 Å². The molecule has 0 aliphatic carbocycles. The SMILES string of the molecule is C[C@@H](Nc1ccc(S(N)(=O)=O)cc1[N+](=O)[O-])c1ccc(F)cc1.